The van der Waals surface area contributed by atoms with E-state index in [1.54, 1.807) is 14.2 Å². The van der Waals surface area contributed by atoms with E-state index in [2.05, 4.69) is 105 Å². The molecule has 0 bridgehead atoms. The van der Waals surface area contributed by atoms with Crippen LogP contribution < -0.4 is 9.80 Å². The first-order valence-electron chi connectivity index (χ1n) is 14.8. The van der Waals surface area contributed by atoms with Gasteiger partial charge in [0.25, 0.3) is 0 Å². The van der Waals surface area contributed by atoms with Crippen LogP contribution in [0.2, 0.25) is 5.02 Å². The van der Waals surface area contributed by atoms with Gasteiger partial charge in [-0.25, -0.2) is 0 Å². The van der Waals surface area contributed by atoms with Gasteiger partial charge in [0.15, 0.2) is 0 Å². The van der Waals surface area contributed by atoms with Crippen molar-refractivity contribution in [2.45, 2.75) is 57.7 Å². The summed E-state index contributed by atoms with van der Waals surface area (Å²) in [6.07, 6.45) is 0.550. The van der Waals surface area contributed by atoms with E-state index >= 15 is 0 Å². The standard InChI is InChI=1S/C35H45ClN2O4/c1-24-15-27(11-13-32(24)37(22-39-6)18-29-20-41-29)34(2,3)25-9-8-10-26(16-25)35(4,5)28-12-14-33(31(36)17-28)38(23-40-7)19-30-21-42-30/h8-17,29-30H,18-23H2,1-7H3. The zero-order chi connectivity index (χ0) is 30.1. The summed E-state index contributed by atoms with van der Waals surface area (Å²) in [6, 6.07) is 22.2. The van der Waals surface area contributed by atoms with E-state index in [9.17, 15) is 0 Å². The number of halogens is 1. The predicted octanol–water partition coefficient (Wildman–Crippen LogP) is 6.92. The SMILES string of the molecule is COCN(CC1CO1)c1ccc(C(C)(C)c2cccc(C(C)(C)c3ccc(N(COC)CC4CO4)c(Cl)c3)c2)cc1C. The van der Waals surface area contributed by atoms with E-state index in [1.807, 2.05) is 0 Å². The second-order valence-electron chi connectivity index (χ2n) is 12.7. The van der Waals surface area contributed by atoms with Gasteiger partial charge >= 0.3 is 0 Å². The van der Waals surface area contributed by atoms with Crippen LogP contribution in [-0.4, -0.2) is 66.2 Å². The molecular weight excluding hydrogens is 548 g/mol. The maximum atomic E-state index is 6.89. The Kier molecular flexibility index (Phi) is 9.22. The van der Waals surface area contributed by atoms with Crippen LogP contribution in [0.1, 0.15) is 55.5 Å². The molecule has 6 nitrogen and oxygen atoms in total. The largest absolute Gasteiger partial charge is 0.371 e. The fourth-order valence-corrected chi connectivity index (χ4v) is 6.07. The lowest BCUT2D eigenvalue weighted by atomic mass is 9.73. The average molecular weight is 593 g/mol. The second-order valence-corrected chi connectivity index (χ2v) is 13.1. The van der Waals surface area contributed by atoms with Crippen LogP contribution in [-0.2, 0) is 29.8 Å². The Balaban J connectivity index is 1.39. The maximum Gasteiger partial charge on any atom is 0.118 e. The lowest BCUT2D eigenvalue weighted by Crippen LogP contribution is -2.30. The number of ether oxygens (including phenoxy) is 4. The third kappa shape index (κ3) is 6.79. The molecule has 7 heteroatoms. The Bertz CT molecular complexity index is 1280. The first-order valence-corrected chi connectivity index (χ1v) is 15.2. The smallest absolute Gasteiger partial charge is 0.118 e. The second kappa shape index (κ2) is 12.6. The zero-order valence-electron chi connectivity index (χ0n) is 26.1. The quantitative estimate of drug-likeness (QED) is 0.150. The van der Waals surface area contributed by atoms with Crippen molar-refractivity contribution in [2.75, 3.05) is 63.8 Å². The number of nitrogens with zero attached hydrogens (tertiary/aromatic N) is 2. The van der Waals surface area contributed by atoms with Crippen molar-refractivity contribution in [1.82, 2.24) is 0 Å². The number of aryl methyl sites for hydroxylation is 1. The van der Waals surface area contributed by atoms with Crippen molar-refractivity contribution in [3.63, 3.8) is 0 Å². The Labute approximate surface area is 256 Å². The van der Waals surface area contributed by atoms with E-state index < -0.39 is 0 Å². The molecule has 2 atom stereocenters. The van der Waals surface area contributed by atoms with Gasteiger partial charge in [0.05, 0.1) is 36.1 Å². The third-order valence-electron chi connectivity index (χ3n) is 8.80. The Hall–Kier alpha value is -2.61. The summed E-state index contributed by atoms with van der Waals surface area (Å²) < 4.78 is 21.9. The van der Waals surface area contributed by atoms with Crippen molar-refractivity contribution < 1.29 is 18.9 Å². The monoisotopic (exact) mass is 592 g/mol. The minimum atomic E-state index is -0.245. The van der Waals surface area contributed by atoms with Crippen LogP contribution in [0.5, 0.6) is 0 Å². The van der Waals surface area contributed by atoms with Gasteiger partial charge in [-0.05, 0) is 52.9 Å². The van der Waals surface area contributed by atoms with Gasteiger partial charge < -0.3 is 28.7 Å². The molecule has 2 fully saturated rings. The number of hydrogen-bond donors (Lipinski definition) is 0. The van der Waals surface area contributed by atoms with Crippen LogP contribution in [0.4, 0.5) is 11.4 Å². The Morgan fingerprint density at radius 1 is 0.714 bits per heavy atom. The van der Waals surface area contributed by atoms with Gasteiger partial charge in [0.2, 0.25) is 0 Å². The molecule has 0 N–H and O–H groups in total. The van der Waals surface area contributed by atoms with Gasteiger partial charge in [-0.15, -0.1) is 0 Å². The molecule has 2 unspecified atom stereocenters. The molecule has 2 saturated heterocycles. The van der Waals surface area contributed by atoms with E-state index in [4.69, 9.17) is 30.5 Å². The third-order valence-corrected chi connectivity index (χ3v) is 9.10. The van der Waals surface area contributed by atoms with E-state index in [0.29, 0.717) is 19.6 Å². The van der Waals surface area contributed by atoms with Gasteiger partial charge in [0, 0.05) is 43.8 Å². The number of methoxy groups -OCH3 is 2. The summed E-state index contributed by atoms with van der Waals surface area (Å²) >= 11 is 6.89. The minimum Gasteiger partial charge on any atom is -0.371 e. The predicted molar refractivity (Wildman–Crippen MR) is 171 cm³/mol. The van der Waals surface area contributed by atoms with Crippen molar-refractivity contribution >= 4 is 23.0 Å². The van der Waals surface area contributed by atoms with Crippen LogP contribution in [0.15, 0.2) is 60.7 Å². The molecule has 3 aromatic carbocycles. The molecule has 2 heterocycles. The molecule has 2 aliphatic heterocycles. The lowest BCUT2D eigenvalue weighted by Gasteiger charge is -2.32. The van der Waals surface area contributed by atoms with Gasteiger partial charge in [-0.2, -0.15) is 0 Å². The molecule has 2 aliphatic rings. The molecule has 226 valence electrons. The Morgan fingerprint density at radius 2 is 1.17 bits per heavy atom. The molecule has 0 radical (unpaired) electrons. The number of hydrogen-bond acceptors (Lipinski definition) is 6. The van der Waals surface area contributed by atoms with Crippen LogP contribution in [0.3, 0.4) is 0 Å². The highest BCUT2D eigenvalue weighted by atomic mass is 35.5. The van der Waals surface area contributed by atoms with Crippen LogP contribution in [0, 0.1) is 6.92 Å². The summed E-state index contributed by atoms with van der Waals surface area (Å²) in [5.41, 5.74) is 7.94. The molecule has 0 saturated carbocycles. The number of epoxide rings is 2. The number of anilines is 2. The summed E-state index contributed by atoms with van der Waals surface area (Å²) in [5.74, 6) is 0. The molecule has 0 spiro atoms. The van der Waals surface area contributed by atoms with Crippen molar-refractivity contribution in [3.8, 4) is 0 Å². The highest BCUT2D eigenvalue weighted by Gasteiger charge is 2.31. The molecule has 42 heavy (non-hydrogen) atoms. The molecule has 3 aromatic rings. The number of rotatable bonds is 14. The van der Waals surface area contributed by atoms with Crippen molar-refractivity contribution in [1.29, 1.82) is 0 Å². The van der Waals surface area contributed by atoms with Crippen LogP contribution in [0.25, 0.3) is 0 Å². The first kappa shape index (κ1) is 30.8. The van der Waals surface area contributed by atoms with E-state index in [0.717, 1.165) is 37.0 Å². The average Bonchev–Trinajstić information content (AvgIpc) is 3.90. The first-order chi connectivity index (χ1) is 20.0. The highest BCUT2D eigenvalue weighted by molar-refractivity contribution is 6.33. The molecule has 0 aromatic heterocycles. The number of benzene rings is 3. The van der Waals surface area contributed by atoms with Gasteiger partial charge in [-0.3, -0.25) is 0 Å². The van der Waals surface area contributed by atoms with Gasteiger partial charge in [0.1, 0.15) is 13.5 Å². The van der Waals surface area contributed by atoms with Gasteiger partial charge in [-0.1, -0.05) is 81.8 Å². The molecule has 0 aliphatic carbocycles. The van der Waals surface area contributed by atoms with Crippen molar-refractivity contribution in [2.24, 2.45) is 0 Å². The van der Waals surface area contributed by atoms with Crippen molar-refractivity contribution in [3.05, 3.63) is 93.5 Å². The van der Waals surface area contributed by atoms with E-state index in [-0.39, 0.29) is 16.9 Å². The normalized spacial score (nSPS) is 18.2. The Morgan fingerprint density at radius 3 is 1.62 bits per heavy atom. The summed E-state index contributed by atoms with van der Waals surface area (Å²) in [4.78, 5) is 4.40. The summed E-state index contributed by atoms with van der Waals surface area (Å²) in [5, 5.41) is 0.723. The lowest BCUT2D eigenvalue weighted by molar-refractivity contribution is 0.195. The summed E-state index contributed by atoms with van der Waals surface area (Å²) in [6.45, 7) is 15.6. The topological polar surface area (TPSA) is 50.0 Å². The fourth-order valence-electron chi connectivity index (χ4n) is 5.77. The fraction of sp³-hybridized carbons (Fsp3) is 0.486. The van der Waals surface area contributed by atoms with E-state index in [1.165, 1.54) is 33.5 Å². The minimum absolute atomic E-state index is 0.186. The molecular formula is C35H45ClN2O4. The highest BCUT2D eigenvalue weighted by Crippen LogP contribution is 2.40. The maximum absolute atomic E-state index is 6.89. The summed E-state index contributed by atoms with van der Waals surface area (Å²) in [7, 11) is 3.45. The van der Waals surface area contributed by atoms with Crippen LogP contribution >= 0.6 is 11.6 Å². The zero-order valence-corrected chi connectivity index (χ0v) is 26.8. The molecule has 5 rings (SSSR count). The molecule has 0 amide bonds.